The summed E-state index contributed by atoms with van der Waals surface area (Å²) in [5, 5.41) is 7.64. The van der Waals surface area contributed by atoms with Gasteiger partial charge >= 0.3 is 0 Å². The Bertz CT molecular complexity index is 779. The minimum Gasteiger partial charge on any atom is -0.352 e. The lowest BCUT2D eigenvalue weighted by atomic mass is 10.2. The number of hydrogen-bond acceptors (Lipinski definition) is 4. The molecule has 0 radical (unpaired) electrons. The van der Waals surface area contributed by atoms with Crippen LogP contribution < -0.4 is 5.32 Å². The molecule has 160 valence electrons. The molecular weight excluding hydrogens is 394 g/mol. The monoisotopic (exact) mass is 423 g/mol. The van der Waals surface area contributed by atoms with E-state index in [1.165, 1.54) is 13.0 Å². The smallest absolute Gasteiger partial charge is 0.244 e. The van der Waals surface area contributed by atoms with Gasteiger partial charge in [-0.3, -0.25) is 19.1 Å². The first-order valence-electron chi connectivity index (χ1n) is 9.91. The number of rotatable bonds is 7. The van der Waals surface area contributed by atoms with E-state index in [4.69, 9.17) is 11.6 Å². The molecule has 0 saturated carbocycles. The largest absolute Gasteiger partial charge is 0.352 e. The van der Waals surface area contributed by atoms with Gasteiger partial charge in [0.25, 0.3) is 0 Å². The van der Waals surface area contributed by atoms with Crippen molar-refractivity contribution in [2.75, 3.05) is 32.7 Å². The molecule has 0 spiro atoms. The summed E-state index contributed by atoms with van der Waals surface area (Å²) in [6.07, 6.45) is 3.29. The van der Waals surface area contributed by atoms with Crippen LogP contribution in [0, 0.1) is 12.8 Å². The van der Waals surface area contributed by atoms with Gasteiger partial charge in [0.1, 0.15) is 5.15 Å². The molecular formula is C20H30ClN5O3. The number of aryl methyl sites for hydroxylation is 1. The molecule has 29 heavy (non-hydrogen) atoms. The van der Waals surface area contributed by atoms with Gasteiger partial charge in [0.2, 0.25) is 17.7 Å². The number of nitrogens with zero attached hydrogens (tertiary/aromatic N) is 4. The molecule has 1 aliphatic heterocycles. The van der Waals surface area contributed by atoms with E-state index in [2.05, 4.69) is 24.3 Å². The molecule has 0 aromatic carbocycles. The summed E-state index contributed by atoms with van der Waals surface area (Å²) in [5.41, 5.74) is 1.49. The van der Waals surface area contributed by atoms with Crippen LogP contribution in [-0.4, -0.2) is 70.0 Å². The molecule has 9 heteroatoms. The maximum atomic E-state index is 12.2. The standard InChI is InChI=1S/C20H30ClN5O3/c1-14(2)13-26-20(21)17(15(3)23-26)5-6-18(28)22-8-7-19(29)25-11-9-24(10-12-25)16(4)27/h5-6,14H,7-13H2,1-4H3,(H,22,28). The van der Waals surface area contributed by atoms with Crippen LogP contribution in [0.1, 0.15) is 38.4 Å². The number of piperazine rings is 1. The molecule has 2 heterocycles. The van der Waals surface area contributed by atoms with Crippen LogP contribution in [0.5, 0.6) is 0 Å². The summed E-state index contributed by atoms with van der Waals surface area (Å²) in [6.45, 7) is 10.7. The molecule has 0 unspecified atom stereocenters. The molecule has 1 aromatic rings. The van der Waals surface area contributed by atoms with Gasteiger partial charge in [0.05, 0.1) is 5.69 Å². The zero-order valence-corrected chi connectivity index (χ0v) is 18.3. The third kappa shape index (κ3) is 6.59. The number of halogens is 1. The predicted molar refractivity (Wildman–Crippen MR) is 112 cm³/mol. The second-order valence-electron chi connectivity index (χ2n) is 7.63. The average Bonchev–Trinajstić information content (AvgIpc) is 2.92. The Morgan fingerprint density at radius 2 is 1.79 bits per heavy atom. The lowest BCUT2D eigenvalue weighted by molar-refractivity contribution is -0.138. The minimum atomic E-state index is -0.286. The SMILES string of the molecule is CC(=O)N1CCN(C(=O)CCNC(=O)C=Cc2c(C)nn(CC(C)C)c2Cl)CC1. The Hall–Kier alpha value is -2.35. The molecule has 1 N–H and O–H groups in total. The number of hydrogen-bond donors (Lipinski definition) is 1. The molecule has 1 aromatic heterocycles. The number of amides is 3. The third-order valence-corrected chi connectivity index (χ3v) is 5.16. The summed E-state index contributed by atoms with van der Waals surface area (Å²) in [6, 6.07) is 0. The second-order valence-corrected chi connectivity index (χ2v) is 7.99. The number of aromatic nitrogens is 2. The van der Waals surface area contributed by atoms with E-state index >= 15 is 0 Å². The highest BCUT2D eigenvalue weighted by Gasteiger charge is 2.21. The molecule has 8 nitrogen and oxygen atoms in total. The minimum absolute atomic E-state index is 0.0219. The van der Waals surface area contributed by atoms with Crippen LogP contribution in [0.25, 0.3) is 6.08 Å². The van der Waals surface area contributed by atoms with Gasteiger partial charge in [-0.05, 0) is 18.9 Å². The van der Waals surface area contributed by atoms with E-state index in [0.29, 0.717) is 43.8 Å². The van der Waals surface area contributed by atoms with Gasteiger partial charge in [-0.25, -0.2) is 0 Å². The van der Waals surface area contributed by atoms with E-state index in [9.17, 15) is 14.4 Å². The molecule has 2 rings (SSSR count). The van der Waals surface area contributed by atoms with Gasteiger partial charge in [0, 0.05) is 64.3 Å². The summed E-state index contributed by atoms with van der Waals surface area (Å²) in [7, 11) is 0. The summed E-state index contributed by atoms with van der Waals surface area (Å²) >= 11 is 6.36. The highest BCUT2D eigenvalue weighted by atomic mass is 35.5. The maximum absolute atomic E-state index is 12.2. The molecule has 0 aliphatic carbocycles. The maximum Gasteiger partial charge on any atom is 0.244 e. The van der Waals surface area contributed by atoms with E-state index in [1.807, 2.05) is 6.92 Å². The van der Waals surface area contributed by atoms with Crippen LogP contribution in [0.4, 0.5) is 0 Å². The van der Waals surface area contributed by atoms with Crippen molar-refractivity contribution in [1.29, 1.82) is 0 Å². The molecule has 0 bridgehead atoms. The van der Waals surface area contributed by atoms with E-state index in [0.717, 1.165) is 11.3 Å². The molecule has 3 amide bonds. The number of carbonyl (C=O) groups excluding carboxylic acids is 3. The Balaban J connectivity index is 1.78. The highest BCUT2D eigenvalue weighted by molar-refractivity contribution is 6.31. The van der Waals surface area contributed by atoms with Crippen molar-refractivity contribution in [3.63, 3.8) is 0 Å². The fraction of sp³-hybridized carbons (Fsp3) is 0.600. The van der Waals surface area contributed by atoms with E-state index in [1.54, 1.807) is 20.6 Å². The first kappa shape index (κ1) is 22.9. The van der Waals surface area contributed by atoms with Gasteiger partial charge < -0.3 is 15.1 Å². The van der Waals surface area contributed by atoms with Crippen LogP contribution in [-0.2, 0) is 20.9 Å². The van der Waals surface area contributed by atoms with Gasteiger partial charge in [0.15, 0.2) is 0 Å². The summed E-state index contributed by atoms with van der Waals surface area (Å²) < 4.78 is 1.74. The van der Waals surface area contributed by atoms with Crippen molar-refractivity contribution in [3.8, 4) is 0 Å². The van der Waals surface area contributed by atoms with Crippen molar-refractivity contribution in [2.24, 2.45) is 5.92 Å². The zero-order valence-electron chi connectivity index (χ0n) is 17.6. The number of nitrogens with one attached hydrogen (secondary N) is 1. The Morgan fingerprint density at radius 1 is 1.17 bits per heavy atom. The lowest BCUT2D eigenvalue weighted by Gasteiger charge is -2.34. The van der Waals surface area contributed by atoms with Crippen LogP contribution in [0.3, 0.4) is 0 Å². The van der Waals surface area contributed by atoms with Crippen LogP contribution in [0.15, 0.2) is 6.08 Å². The predicted octanol–water partition coefficient (Wildman–Crippen LogP) is 1.71. The second kappa shape index (κ2) is 10.4. The topological polar surface area (TPSA) is 87.5 Å². The van der Waals surface area contributed by atoms with Crippen LogP contribution in [0.2, 0.25) is 5.15 Å². The average molecular weight is 424 g/mol. The molecule has 1 aliphatic rings. The van der Waals surface area contributed by atoms with Crippen LogP contribution >= 0.6 is 11.6 Å². The fourth-order valence-corrected chi connectivity index (χ4v) is 3.47. The first-order chi connectivity index (χ1) is 13.7. The molecule has 1 saturated heterocycles. The Kier molecular flexibility index (Phi) is 8.25. The van der Waals surface area contributed by atoms with Gasteiger partial charge in [-0.15, -0.1) is 0 Å². The fourth-order valence-electron chi connectivity index (χ4n) is 3.16. The van der Waals surface area contributed by atoms with Gasteiger partial charge in [-0.1, -0.05) is 25.4 Å². The van der Waals surface area contributed by atoms with E-state index < -0.39 is 0 Å². The van der Waals surface area contributed by atoms with Crippen molar-refractivity contribution < 1.29 is 14.4 Å². The summed E-state index contributed by atoms with van der Waals surface area (Å²) in [5.74, 6) is 0.133. The van der Waals surface area contributed by atoms with Crippen molar-refractivity contribution >= 4 is 35.4 Å². The molecule has 1 fully saturated rings. The highest BCUT2D eigenvalue weighted by Crippen LogP contribution is 2.22. The summed E-state index contributed by atoms with van der Waals surface area (Å²) in [4.78, 5) is 39.1. The van der Waals surface area contributed by atoms with Crippen molar-refractivity contribution in [2.45, 2.75) is 40.7 Å². The quantitative estimate of drug-likeness (QED) is 0.676. The first-order valence-corrected chi connectivity index (χ1v) is 10.3. The van der Waals surface area contributed by atoms with E-state index in [-0.39, 0.29) is 30.7 Å². The lowest BCUT2D eigenvalue weighted by Crippen LogP contribution is -2.50. The normalized spacial score (nSPS) is 14.7. The zero-order chi connectivity index (χ0) is 21.6. The Labute approximate surface area is 176 Å². The van der Waals surface area contributed by atoms with Gasteiger partial charge in [-0.2, -0.15) is 5.10 Å². The molecule has 0 atom stereocenters. The van der Waals surface area contributed by atoms with Crippen molar-refractivity contribution in [3.05, 3.63) is 22.5 Å². The third-order valence-electron chi connectivity index (χ3n) is 4.76. The van der Waals surface area contributed by atoms with Crippen molar-refractivity contribution in [1.82, 2.24) is 24.9 Å². The number of carbonyl (C=O) groups is 3. The Morgan fingerprint density at radius 3 is 2.38 bits per heavy atom.